The number of piperazine rings is 1. The summed E-state index contributed by atoms with van der Waals surface area (Å²) in [6.45, 7) is 4.00. The van der Waals surface area contributed by atoms with Crippen LogP contribution in [0.15, 0.2) is 41.3 Å². The number of nitro groups is 1. The number of benzene rings is 2. The molecule has 1 aliphatic heterocycles. The van der Waals surface area contributed by atoms with Crippen molar-refractivity contribution in [2.24, 2.45) is 0 Å². The molecule has 0 bridgehead atoms. The lowest BCUT2D eigenvalue weighted by Crippen LogP contribution is -2.48. The number of hydrogen-bond donors (Lipinski definition) is 0. The summed E-state index contributed by atoms with van der Waals surface area (Å²) < 4.78 is 4.85. The van der Waals surface area contributed by atoms with Crippen molar-refractivity contribution >= 4 is 58.2 Å². The zero-order chi connectivity index (χ0) is 23.3. The number of carbonyl (C=O) groups excluding carboxylic acids is 2. The van der Waals surface area contributed by atoms with Gasteiger partial charge in [-0.15, -0.1) is 11.8 Å². The van der Waals surface area contributed by atoms with Crippen molar-refractivity contribution in [3.05, 3.63) is 62.1 Å². The Bertz CT molecular complexity index is 1010. The number of carbonyl (C=O) groups is 2. The fourth-order valence-electron chi connectivity index (χ4n) is 3.33. The van der Waals surface area contributed by atoms with Gasteiger partial charge in [-0.3, -0.25) is 19.7 Å². The van der Waals surface area contributed by atoms with E-state index in [1.165, 1.54) is 12.1 Å². The van der Waals surface area contributed by atoms with Crippen LogP contribution in [0.2, 0.25) is 10.0 Å². The van der Waals surface area contributed by atoms with Crippen molar-refractivity contribution in [2.45, 2.75) is 11.8 Å². The first-order valence-corrected chi connectivity index (χ1v) is 11.6. The Morgan fingerprint density at radius 2 is 1.75 bits per heavy atom. The molecule has 2 aromatic rings. The van der Waals surface area contributed by atoms with Gasteiger partial charge in [-0.25, -0.2) is 0 Å². The molecular formula is C21H21Cl2N3O5S. The van der Waals surface area contributed by atoms with E-state index in [4.69, 9.17) is 27.9 Å². The maximum atomic E-state index is 13.0. The van der Waals surface area contributed by atoms with E-state index in [1.54, 1.807) is 24.0 Å². The van der Waals surface area contributed by atoms with Gasteiger partial charge in [-0.2, -0.15) is 0 Å². The summed E-state index contributed by atoms with van der Waals surface area (Å²) in [7, 11) is 0. The van der Waals surface area contributed by atoms with E-state index in [1.807, 2.05) is 12.1 Å². The minimum Gasteiger partial charge on any atom is -0.465 e. The van der Waals surface area contributed by atoms with Gasteiger partial charge in [0.25, 0.3) is 11.6 Å². The van der Waals surface area contributed by atoms with Crippen molar-refractivity contribution in [1.29, 1.82) is 0 Å². The third-order valence-corrected chi connectivity index (χ3v) is 6.31. The molecule has 0 atom stereocenters. The molecule has 1 fully saturated rings. The summed E-state index contributed by atoms with van der Waals surface area (Å²) in [5.41, 5.74) is 0.905. The van der Waals surface area contributed by atoms with E-state index < -0.39 is 10.9 Å². The SMILES string of the molecule is CCOC(=O)CSc1ccc(C(=O)N2CCN(c3cc(Cl)cc(Cl)c3)CC2)cc1[N+](=O)[O-]. The number of esters is 1. The van der Waals surface area contributed by atoms with Gasteiger partial charge < -0.3 is 14.5 Å². The van der Waals surface area contributed by atoms with Crippen LogP contribution in [0.3, 0.4) is 0 Å². The van der Waals surface area contributed by atoms with Crippen LogP contribution in [0.4, 0.5) is 11.4 Å². The summed E-state index contributed by atoms with van der Waals surface area (Å²) in [5, 5.41) is 12.6. The van der Waals surface area contributed by atoms with E-state index in [0.717, 1.165) is 17.4 Å². The largest absolute Gasteiger partial charge is 0.465 e. The number of nitro benzene ring substituents is 1. The van der Waals surface area contributed by atoms with E-state index in [-0.39, 0.29) is 29.5 Å². The second-order valence-corrected chi connectivity index (χ2v) is 8.83. The number of thioether (sulfide) groups is 1. The smallest absolute Gasteiger partial charge is 0.316 e. The second kappa shape index (κ2) is 10.9. The molecule has 0 aliphatic carbocycles. The summed E-state index contributed by atoms with van der Waals surface area (Å²) in [5.74, 6) is -0.776. The van der Waals surface area contributed by atoms with Crippen LogP contribution >= 0.6 is 35.0 Å². The lowest BCUT2D eigenvalue weighted by molar-refractivity contribution is -0.387. The number of anilines is 1. The lowest BCUT2D eigenvalue weighted by Gasteiger charge is -2.36. The molecule has 0 spiro atoms. The van der Waals surface area contributed by atoms with Gasteiger partial charge >= 0.3 is 5.97 Å². The average molecular weight is 498 g/mol. The molecule has 1 heterocycles. The molecule has 1 amide bonds. The van der Waals surface area contributed by atoms with Crippen molar-refractivity contribution in [3.63, 3.8) is 0 Å². The van der Waals surface area contributed by atoms with Gasteiger partial charge in [0.05, 0.1) is 22.2 Å². The molecule has 0 radical (unpaired) electrons. The molecule has 2 aromatic carbocycles. The molecule has 8 nitrogen and oxygen atoms in total. The predicted octanol–water partition coefficient (Wildman–Crippen LogP) is 4.52. The maximum Gasteiger partial charge on any atom is 0.316 e. The third-order valence-electron chi connectivity index (χ3n) is 4.83. The van der Waals surface area contributed by atoms with Crippen LogP contribution in [0, 0.1) is 10.1 Å². The first-order chi connectivity index (χ1) is 15.3. The molecule has 0 N–H and O–H groups in total. The summed E-state index contributed by atoms with van der Waals surface area (Å²) in [4.78, 5) is 39.5. The van der Waals surface area contributed by atoms with Gasteiger partial charge in [0, 0.05) is 53.5 Å². The highest BCUT2D eigenvalue weighted by molar-refractivity contribution is 8.00. The van der Waals surface area contributed by atoms with Crippen molar-refractivity contribution in [1.82, 2.24) is 4.90 Å². The minimum absolute atomic E-state index is 0.0442. The van der Waals surface area contributed by atoms with Gasteiger partial charge in [0.15, 0.2) is 0 Å². The van der Waals surface area contributed by atoms with Crippen LogP contribution < -0.4 is 4.90 Å². The molecular weight excluding hydrogens is 477 g/mol. The fourth-order valence-corrected chi connectivity index (χ4v) is 4.64. The zero-order valence-corrected chi connectivity index (χ0v) is 19.6. The van der Waals surface area contributed by atoms with Gasteiger partial charge in [0.1, 0.15) is 0 Å². The number of halogens is 2. The molecule has 3 rings (SSSR count). The zero-order valence-electron chi connectivity index (χ0n) is 17.3. The molecule has 1 saturated heterocycles. The summed E-state index contributed by atoms with van der Waals surface area (Å²) in [6, 6.07) is 9.61. The molecule has 11 heteroatoms. The fraction of sp³-hybridized carbons (Fsp3) is 0.333. The van der Waals surface area contributed by atoms with Crippen LogP contribution in [0.1, 0.15) is 17.3 Å². The van der Waals surface area contributed by atoms with E-state index in [2.05, 4.69) is 4.90 Å². The number of hydrogen-bond acceptors (Lipinski definition) is 7. The molecule has 32 heavy (non-hydrogen) atoms. The highest BCUT2D eigenvalue weighted by atomic mass is 35.5. The van der Waals surface area contributed by atoms with E-state index in [9.17, 15) is 19.7 Å². The highest BCUT2D eigenvalue weighted by Crippen LogP contribution is 2.31. The standard InChI is InChI=1S/C21H21Cl2N3O5S/c1-2-31-20(27)13-32-19-4-3-14(9-18(19)26(29)30)21(28)25-7-5-24(6-8-25)17-11-15(22)10-16(23)12-17/h3-4,9-12H,2,5-8,13H2,1H3. The molecule has 0 saturated carbocycles. The molecule has 0 unspecified atom stereocenters. The molecule has 1 aliphatic rings. The number of amides is 1. The minimum atomic E-state index is -0.551. The summed E-state index contributed by atoms with van der Waals surface area (Å²) in [6.07, 6.45) is 0. The first-order valence-electron chi connectivity index (χ1n) is 9.85. The third kappa shape index (κ3) is 6.05. The average Bonchev–Trinajstić information content (AvgIpc) is 2.76. The van der Waals surface area contributed by atoms with Crippen molar-refractivity contribution in [3.8, 4) is 0 Å². The van der Waals surface area contributed by atoms with E-state index >= 15 is 0 Å². The Morgan fingerprint density at radius 3 is 2.34 bits per heavy atom. The van der Waals surface area contributed by atoms with Gasteiger partial charge in [-0.05, 0) is 37.3 Å². The number of nitrogens with zero attached hydrogens (tertiary/aromatic N) is 3. The van der Waals surface area contributed by atoms with Gasteiger partial charge in [0.2, 0.25) is 0 Å². The van der Waals surface area contributed by atoms with Crippen LogP contribution in [0.25, 0.3) is 0 Å². The van der Waals surface area contributed by atoms with E-state index in [0.29, 0.717) is 41.1 Å². The van der Waals surface area contributed by atoms with Crippen LogP contribution in [-0.4, -0.2) is 60.2 Å². The number of ether oxygens (including phenoxy) is 1. The Kier molecular flexibility index (Phi) is 8.22. The lowest BCUT2D eigenvalue weighted by atomic mass is 10.1. The Morgan fingerprint density at radius 1 is 1.09 bits per heavy atom. The Balaban J connectivity index is 1.67. The summed E-state index contributed by atoms with van der Waals surface area (Å²) >= 11 is 13.2. The van der Waals surface area contributed by atoms with Gasteiger partial charge in [-0.1, -0.05) is 23.2 Å². The van der Waals surface area contributed by atoms with Crippen LogP contribution in [0.5, 0.6) is 0 Å². The maximum absolute atomic E-state index is 13.0. The topological polar surface area (TPSA) is 93.0 Å². The second-order valence-electron chi connectivity index (χ2n) is 6.94. The predicted molar refractivity (Wildman–Crippen MR) is 125 cm³/mol. The molecule has 170 valence electrons. The van der Waals surface area contributed by atoms with Crippen molar-refractivity contribution in [2.75, 3.05) is 43.4 Å². The Hall–Kier alpha value is -2.49. The first kappa shape index (κ1) is 24.2. The normalized spacial score (nSPS) is 13.7. The van der Waals surface area contributed by atoms with Crippen LogP contribution in [-0.2, 0) is 9.53 Å². The number of rotatable bonds is 7. The quantitative estimate of drug-likeness (QED) is 0.240. The monoisotopic (exact) mass is 497 g/mol. The Labute approximate surface area is 199 Å². The van der Waals surface area contributed by atoms with Crippen molar-refractivity contribution < 1.29 is 19.2 Å². The molecule has 0 aromatic heterocycles. The highest BCUT2D eigenvalue weighted by Gasteiger charge is 2.25.